The number of furan rings is 1. The van der Waals surface area contributed by atoms with Gasteiger partial charge in [-0.1, -0.05) is 49.6 Å². The predicted molar refractivity (Wildman–Crippen MR) is 135 cm³/mol. The highest BCUT2D eigenvalue weighted by molar-refractivity contribution is 5.86. The lowest BCUT2D eigenvalue weighted by atomic mass is 9.88. The van der Waals surface area contributed by atoms with Gasteiger partial charge in [-0.2, -0.15) is 0 Å². The van der Waals surface area contributed by atoms with Crippen LogP contribution in [0.4, 0.5) is 0 Å². The molecule has 0 bridgehead atoms. The number of carbonyl (C=O) groups is 2. The molecule has 0 atom stereocenters. The molecule has 1 saturated heterocycles. The van der Waals surface area contributed by atoms with Crippen molar-refractivity contribution in [1.82, 2.24) is 14.7 Å². The van der Waals surface area contributed by atoms with Crippen molar-refractivity contribution in [1.29, 1.82) is 0 Å². The number of hydrogen-bond acceptors (Lipinski definition) is 5. The monoisotopic (exact) mass is 481 g/mol. The summed E-state index contributed by atoms with van der Waals surface area (Å²) in [7, 11) is 0. The minimum absolute atomic E-state index is 0.0385. The number of aryl methyl sites for hydroxylation is 1. The first-order valence-corrected chi connectivity index (χ1v) is 13.0. The summed E-state index contributed by atoms with van der Waals surface area (Å²) in [5, 5.41) is 0. The molecule has 2 amide bonds. The van der Waals surface area contributed by atoms with E-state index in [9.17, 15) is 9.59 Å². The summed E-state index contributed by atoms with van der Waals surface area (Å²) < 4.78 is 11.3. The maximum atomic E-state index is 13.7. The van der Waals surface area contributed by atoms with Gasteiger partial charge in [0.05, 0.1) is 26.3 Å². The fraction of sp³-hybridized carbons (Fsp3) is 0.571. The van der Waals surface area contributed by atoms with Crippen LogP contribution in [0.3, 0.4) is 0 Å². The number of rotatable bonds is 10. The molecule has 0 radical (unpaired) electrons. The van der Waals surface area contributed by atoms with Gasteiger partial charge in [0.25, 0.3) is 0 Å². The highest BCUT2D eigenvalue weighted by atomic mass is 16.5. The van der Waals surface area contributed by atoms with E-state index in [4.69, 9.17) is 9.15 Å². The molecule has 1 aromatic carbocycles. The van der Waals surface area contributed by atoms with E-state index < -0.39 is 0 Å². The minimum atomic E-state index is -0.0472. The number of morpholine rings is 1. The molecule has 1 aliphatic carbocycles. The standard InChI is InChI=1S/C28H39N3O4/c1-23-12-13-26(35-23)21-31(20-24-8-4-2-5-9-24)27(32)22-30(15-14-29-16-18-34-19-17-29)28(33)25-10-6-3-7-11-25/h2,4-5,8-9,12-13,25H,3,6-7,10-11,14-22H2,1H3. The summed E-state index contributed by atoms with van der Waals surface area (Å²) in [4.78, 5) is 33.2. The summed E-state index contributed by atoms with van der Waals surface area (Å²) in [6.45, 7) is 7.41. The average molecular weight is 482 g/mol. The topological polar surface area (TPSA) is 66.2 Å². The molecule has 1 saturated carbocycles. The molecule has 2 fully saturated rings. The van der Waals surface area contributed by atoms with Gasteiger partial charge in [0.1, 0.15) is 11.5 Å². The highest BCUT2D eigenvalue weighted by Gasteiger charge is 2.29. The van der Waals surface area contributed by atoms with Crippen molar-refractivity contribution in [2.75, 3.05) is 45.9 Å². The van der Waals surface area contributed by atoms with Crippen LogP contribution in [0.1, 0.15) is 49.2 Å². The lowest BCUT2D eigenvalue weighted by molar-refractivity contribution is -0.144. The van der Waals surface area contributed by atoms with Crippen molar-refractivity contribution in [2.45, 2.75) is 52.1 Å². The third-order valence-corrected chi connectivity index (χ3v) is 7.09. The molecule has 2 heterocycles. The lowest BCUT2D eigenvalue weighted by Gasteiger charge is -2.33. The van der Waals surface area contributed by atoms with Gasteiger partial charge in [-0.05, 0) is 37.5 Å². The molecule has 4 rings (SSSR count). The molecule has 0 unspecified atom stereocenters. The third kappa shape index (κ3) is 7.67. The zero-order chi connectivity index (χ0) is 24.5. The Bertz CT molecular complexity index is 933. The normalized spacial score (nSPS) is 17.3. The van der Waals surface area contributed by atoms with Crippen molar-refractivity contribution < 1.29 is 18.7 Å². The van der Waals surface area contributed by atoms with Crippen LogP contribution in [0.15, 0.2) is 46.9 Å². The molecule has 0 spiro atoms. The zero-order valence-electron chi connectivity index (χ0n) is 21.0. The highest BCUT2D eigenvalue weighted by Crippen LogP contribution is 2.25. The quantitative estimate of drug-likeness (QED) is 0.516. The van der Waals surface area contributed by atoms with Gasteiger partial charge < -0.3 is 19.0 Å². The van der Waals surface area contributed by atoms with Gasteiger partial charge in [-0.25, -0.2) is 0 Å². The van der Waals surface area contributed by atoms with Gasteiger partial charge in [0.2, 0.25) is 11.8 Å². The number of benzene rings is 1. The number of nitrogens with zero attached hydrogens (tertiary/aromatic N) is 3. The smallest absolute Gasteiger partial charge is 0.242 e. The Morgan fingerprint density at radius 3 is 2.37 bits per heavy atom. The molecule has 1 aliphatic heterocycles. The van der Waals surface area contributed by atoms with Gasteiger partial charge >= 0.3 is 0 Å². The van der Waals surface area contributed by atoms with Gasteiger partial charge in [0, 0.05) is 38.6 Å². The van der Waals surface area contributed by atoms with E-state index in [0.29, 0.717) is 19.6 Å². The Morgan fingerprint density at radius 1 is 0.943 bits per heavy atom. The third-order valence-electron chi connectivity index (χ3n) is 7.09. The molecule has 7 heteroatoms. The molecular weight excluding hydrogens is 442 g/mol. The summed E-state index contributed by atoms with van der Waals surface area (Å²) in [5.41, 5.74) is 1.06. The Hall–Kier alpha value is -2.64. The van der Waals surface area contributed by atoms with Crippen LogP contribution in [0, 0.1) is 12.8 Å². The second kappa shape index (κ2) is 12.9. The SMILES string of the molecule is Cc1ccc(CN(Cc2ccccc2)C(=O)CN(CCN2CCOCC2)C(=O)C2CCCCC2)o1. The molecule has 7 nitrogen and oxygen atoms in total. The van der Waals surface area contributed by atoms with Crippen LogP contribution in [-0.2, 0) is 27.4 Å². The van der Waals surface area contributed by atoms with E-state index >= 15 is 0 Å². The summed E-state index contributed by atoms with van der Waals surface area (Å²) in [6, 6.07) is 13.8. The van der Waals surface area contributed by atoms with Crippen molar-refractivity contribution in [3.63, 3.8) is 0 Å². The number of carbonyl (C=O) groups excluding carboxylic acids is 2. The first-order chi connectivity index (χ1) is 17.1. The van der Waals surface area contributed by atoms with E-state index in [-0.39, 0.29) is 24.3 Å². The number of amides is 2. The van der Waals surface area contributed by atoms with E-state index in [0.717, 1.165) is 75.6 Å². The van der Waals surface area contributed by atoms with Crippen LogP contribution in [0.5, 0.6) is 0 Å². The fourth-order valence-electron chi connectivity index (χ4n) is 5.02. The molecule has 2 aliphatic rings. The average Bonchev–Trinajstić information content (AvgIpc) is 3.31. The predicted octanol–water partition coefficient (Wildman–Crippen LogP) is 3.86. The Balaban J connectivity index is 1.47. The molecule has 1 aromatic heterocycles. The first-order valence-electron chi connectivity index (χ1n) is 13.0. The van der Waals surface area contributed by atoms with E-state index in [1.807, 2.05) is 59.2 Å². The number of hydrogen-bond donors (Lipinski definition) is 0. The summed E-state index contributed by atoms with van der Waals surface area (Å²) >= 11 is 0. The van der Waals surface area contributed by atoms with Crippen LogP contribution in [0.25, 0.3) is 0 Å². The summed E-state index contributed by atoms with van der Waals surface area (Å²) in [6.07, 6.45) is 5.25. The largest absolute Gasteiger partial charge is 0.464 e. The van der Waals surface area contributed by atoms with E-state index in [2.05, 4.69) is 4.90 Å². The van der Waals surface area contributed by atoms with Crippen molar-refractivity contribution in [3.8, 4) is 0 Å². The molecule has 35 heavy (non-hydrogen) atoms. The van der Waals surface area contributed by atoms with Gasteiger partial charge in [0.15, 0.2) is 0 Å². The maximum Gasteiger partial charge on any atom is 0.242 e. The Labute approximate surface area is 209 Å². The van der Waals surface area contributed by atoms with Crippen LogP contribution >= 0.6 is 0 Å². The second-order valence-corrected chi connectivity index (χ2v) is 9.80. The van der Waals surface area contributed by atoms with Gasteiger partial charge in [-0.3, -0.25) is 14.5 Å². The molecule has 0 N–H and O–H groups in total. The van der Waals surface area contributed by atoms with Crippen LogP contribution in [-0.4, -0.2) is 72.5 Å². The van der Waals surface area contributed by atoms with E-state index in [1.54, 1.807) is 0 Å². The minimum Gasteiger partial charge on any atom is -0.464 e. The molecule has 190 valence electrons. The van der Waals surface area contributed by atoms with E-state index in [1.165, 1.54) is 6.42 Å². The van der Waals surface area contributed by atoms with Crippen LogP contribution in [0.2, 0.25) is 0 Å². The zero-order valence-corrected chi connectivity index (χ0v) is 21.0. The maximum absolute atomic E-state index is 13.7. The van der Waals surface area contributed by atoms with Crippen molar-refractivity contribution >= 4 is 11.8 Å². The Kier molecular flexibility index (Phi) is 9.37. The number of ether oxygens (including phenoxy) is 1. The van der Waals surface area contributed by atoms with Gasteiger partial charge in [-0.15, -0.1) is 0 Å². The fourth-order valence-corrected chi connectivity index (χ4v) is 5.02. The second-order valence-electron chi connectivity index (χ2n) is 9.80. The Morgan fingerprint density at radius 2 is 1.69 bits per heavy atom. The van der Waals surface area contributed by atoms with Crippen LogP contribution < -0.4 is 0 Å². The van der Waals surface area contributed by atoms with Crippen molar-refractivity contribution in [3.05, 3.63) is 59.5 Å². The first kappa shape index (κ1) is 25.5. The van der Waals surface area contributed by atoms with Crippen molar-refractivity contribution in [2.24, 2.45) is 5.92 Å². The molecular formula is C28H39N3O4. The lowest BCUT2D eigenvalue weighted by Crippen LogP contribution is -2.48. The molecule has 2 aromatic rings. The summed E-state index contributed by atoms with van der Waals surface area (Å²) in [5.74, 6) is 1.71.